The summed E-state index contributed by atoms with van der Waals surface area (Å²) in [4.78, 5) is 0. The Morgan fingerprint density at radius 2 is 1.32 bits per heavy atom. The predicted molar refractivity (Wildman–Crippen MR) is 88.6 cm³/mol. The molecular weight excluding hydrogens is 347 g/mol. The molecule has 0 aliphatic rings. The van der Waals surface area contributed by atoms with Crippen molar-refractivity contribution in [2.24, 2.45) is 5.92 Å². The van der Waals surface area contributed by atoms with Crippen LogP contribution in [0.2, 0.25) is 0 Å². The zero-order valence-electron chi connectivity index (χ0n) is 11.5. The van der Waals surface area contributed by atoms with Gasteiger partial charge in [-0.05, 0) is 63.9 Å². The van der Waals surface area contributed by atoms with Crippen LogP contribution in [-0.2, 0) is 5.41 Å². The second-order valence-corrected chi connectivity index (χ2v) is 6.66. The van der Waals surface area contributed by atoms with Gasteiger partial charge in [0.05, 0.1) is 0 Å². The summed E-state index contributed by atoms with van der Waals surface area (Å²) >= 11 is 2.33. The average Bonchev–Trinajstić information content (AvgIpc) is 2.39. The second kappa shape index (κ2) is 5.53. The number of rotatable bonds is 3. The summed E-state index contributed by atoms with van der Waals surface area (Å²) in [6, 6.07) is 16.3. The quantitative estimate of drug-likeness (QED) is 0.762. The fraction of sp³-hybridized carbons (Fsp3) is 0.294. The summed E-state index contributed by atoms with van der Waals surface area (Å²) in [5.41, 5.74) is 2.51. The molecule has 1 atom stereocenters. The van der Waals surface area contributed by atoms with E-state index in [1.807, 2.05) is 12.1 Å². The van der Waals surface area contributed by atoms with Crippen LogP contribution in [0.3, 0.4) is 0 Å². The molecule has 0 saturated heterocycles. The maximum absolute atomic E-state index is 9.47. The van der Waals surface area contributed by atoms with E-state index >= 15 is 0 Å². The Morgan fingerprint density at radius 3 is 1.74 bits per heavy atom. The van der Waals surface area contributed by atoms with Gasteiger partial charge in [-0.1, -0.05) is 45.0 Å². The molecule has 0 unspecified atom stereocenters. The van der Waals surface area contributed by atoms with Crippen LogP contribution in [-0.4, -0.2) is 5.11 Å². The smallest absolute Gasteiger partial charge is 0.115 e. The summed E-state index contributed by atoms with van der Waals surface area (Å²) in [6.07, 6.45) is 0. The first kappa shape index (κ1) is 14.4. The van der Waals surface area contributed by atoms with Crippen molar-refractivity contribution in [2.75, 3.05) is 0 Å². The highest BCUT2D eigenvalue weighted by Crippen LogP contribution is 2.39. The van der Waals surface area contributed by atoms with E-state index in [-0.39, 0.29) is 5.41 Å². The third kappa shape index (κ3) is 2.78. The van der Waals surface area contributed by atoms with Gasteiger partial charge in [-0.3, -0.25) is 0 Å². The van der Waals surface area contributed by atoms with Gasteiger partial charge in [0.1, 0.15) is 5.75 Å². The van der Waals surface area contributed by atoms with Gasteiger partial charge >= 0.3 is 0 Å². The van der Waals surface area contributed by atoms with Crippen molar-refractivity contribution in [3.63, 3.8) is 0 Å². The van der Waals surface area contributed by atoms with E-state index in [0.29, 0.717) is 11.7 Å². The molecule has 19 heavy (non-hydrogen) atoms. The van der Waals surface area contributed by atoms with Crippen molar-refractivity contribution in [1.29, 1.82) is 0 Å². The zero-order valence-corrected chi connectivity index (χ0v) is 13.7. The largest absolute Gasteiger partial charge is 0.508 e. The molecule has 0 radical (unpaired) electrons. The van der Waals surface area contributed by atoms with E-state index in [0.717, 1.165) is 0 Å². The molecule has 1 N–H and O–H groups in total. The van der Waals surface area contributed by atoms with Crippen LogP contribution >= 0.6 is 22.6 Å². The van der Waals surface area contributed by atoms with Gasteiger partial charge in [0, 0.05) is 8.99 Å². The molecule has 0 fully saturated rings. The van der Waals surface area contributed by atoms with Crippen LogP contribution in [0, 0.1) is 9.49 Å². The van der Waals surface area contributed by atoms with E-state index in [2.05, 4.69) is 67.6 Å². The minimum absolute atomic E-state index is 0.0436. The Hall–Kier alpha value is -1.03. The average molecular weight is 366 g/mol. The molecule has 1 nitrogen and oxygen atoms in total. The summed E-state index contributed by atoms with van der Waals surface area (Å²) in [5, 5.41) is 9.47. The number of benzene rings is 2. The number of hydrogen-bond acceptors (Lipinski definition) is 1. The van der Waals surface area contributed by atoms with Crippen molar-refractivity contribution in [2.45, 2.75) is 26.2 Å². The van der Waals surface area contributed by atoms with Gasteiger partial charge in [-0.25, -0.2) is 0 Å². The predicted octanol–water partition coefficient (Wildman–Crippen LogP) is 4.96. The Kier molecular flexibility index (Phi) is 4.19. The normalized spacial score (nSPS) is 14.4. The molecular formula is C17H19IO. The Balaban J connectivity index is 2.54. The summed E-state index contributed by atoms with van der Waals surface area (Å²) in [7, 11) is 0. The highest BCUT2D eigenvalue weighted by atomic mass is 127. The molecule has 0 amide bonds. The van der Waals surface area contributed by atoms with Gasteiger partial charge in [0.2, 0.25) is 0 Å². The maximum Gasteiger partial charge on any atom is 0.115 e. The van der Waals surface area contributed by atoms with Crippen LogP contribution in [0.5, 0.6) is 5.75 Å². The lowest BCUT2D eigenvalue weighted by Crippen LogP contribution is -2.30. The highest BCUT2D eigenvalue weighted by molar-refractivity contribution is 14.1. The molecule has 0 aliphatic carbocycles. The van der Waals surface area contributed by atoms with Crippen molar-refractivity contribution in [1.82, 2.24) is 0 Å². The number of phenols is 1. The third-order valence-corrected chi connectivity index (χ3v) is 4.78. The van der Waals surface area contributed by atoms with Gasteiger partial charge in [-0.2, -0.15) is 0 Å². The summed E-state index contributed by atoms with van der Waals surface area (Å²) in [6.45, 7) is 6.75. The molecule has 0 aromatic heterocycles. The zero-order chi connectivity index (χ0) is 14.0. The molecule has 100 valence electrons. The Bertz CT molecular complexity index is 495. The molecule has 0 aliphatic heterocycles. The fourth-order valence-corrected chi connectivity index (χ4v) is 2.80. The maximum atomic E-state index is 9.47. The third-order valence-electron chi connectivity index (χ3n) is 4.07. The molecule has 0 bridgehead atoms. The first-order valence-corrected chi connectivity index (χ1v) is 7.58. The van der Waals surface area contributed by atoms with Crippen LogP contribution in [0.25, 0.3) is 0 Å². The topological polar surface area (TPSA) is 20.2 Å². The summed E-state index contributed by atoms with van der Waals surface area (Å²) < 4.78 is 1.25. The number of halogens is 1. The first-order valence-electron chi connectivity index (χ1n) is 6.50. The van der Waals surface area contributed by atoms with Crippen LogP contribution in [0.4, 0.5) is 0 Å². The van der Waals surface area contributed by atoms with Gasteiger partial charge < -0.3 is 5.11 Å². The lowest BCUT2D eigenvalue weighted by molar-refractivity contribution is 0.404. The number of hydrogen-bond donors (Lipinski definition) is 1. The van der Waals surface area contributed by atoms with E-state index in [4.69, 9.17) is 0 Å². The van der Waals surface area contributed by atoms with Gasteiger partial charge in [-0.15, -0.1) is 0 Å². The van der Waals surface area contributed by atoms with E-state index in [1.54, 1.807) is 12.1 Å². The standard InChI is InChI=1S/C17H19IO/c1-12(2)17(3,13-4-8-15(18)9-5-13)14-6-10-16(19)11-7-14/h4-12,19H,1-3H3/t17-/m1/s1. The first-order chi connectivity index (χ1) is 8.94. The van der Waals surface area contributed by atoms with Gasteiger partial charge in [0.15, 0.2) is 0 Å². The van der Waals surface area contributed by atoms with E-state index < -0.39 is 0 Å². The van der Waals surface area contributed by atoms with E-state index in [9.17, 15) is 5.11 Å². The van der Waals surface area contributed by atoms with Gasteiger partial charge in [0.25, 0.3) is 0 Å². The molecule has 2 aromatic carbocycles. The molecule has 0 spiro atoms. The second-order valence-electron chi connectivity index (χ2n) is 5.41. The Morgan fingerprint density at radius 1 is 0.895 bits per heavy atom. The number of aromatic hydroxyl groups is 1. The number of phenolic OH excluding ortho intramolecular Hbond substituents is 1. The monoisotopic (exact) mass is 366 g/mol. The summed E-state index contributed by atoms with van der Waals surface area (Å²) in [5.74, 6) is 0.787. The SMILES string of the molecule is CC(C)[C@@](C)(c1ccc(O)cc1)c1ccc(I)cc1. The van der Waals surface area contributed by atoms with E-state index in [1.165, 1.54) is 14.7 Å². The highest BCUT2D eigenvalue weighted by Gasteiger charge is 2.32. The fourth-order valence-electron chi connectivity index (χ4n) is 2.44. The Labute approximate surface area is 128 Å². The minimum atomic E-state index is -0.0436. The van der Waals surface area contributed by atoms with Crippen molar-refractivity contribution in [3.8, 4) is 5.75 Å². The molecule has 2 aromatic rings. The van der Waals surface area contributed by atoms with Crippen molar-refractivity contribution >= 4 is 22.6 Å². The molecule has 2 heteroatoms. The molecule has 0 saturated carbocycles. The minimum Gasteiger partial charge on any atom is -0.508 e. The molecule has 0 heterocycles. The van der Waals surface area contributed by atoms with Crippen LogP contribution in [0.1, 0.15) is 31.9 Å². The van der Waals surface area contributed by atoms with Crippen LogP contribution < -0.4 is 0 Å². The molecule has 2 rings (SSSR count). The lowest BCUT2D eigenvalue weighted by atomic mass is 9.68. The van der Waals surface area contributed by atoms with Crippen molar-refractivity contribution < 1.29 is 5.11 Å². The lowest BCUT2D eigenvalue weighted by Gasteiger charge is -2.35. The van der Waals surface area contributed by atoms with Crippen molar-refractivity contribution in [3.05, 3.63) is 63.2 Å². The van der Waals surface area contributed by atoms with Crippen LogP contribution in [0.15, 0.2) is 48.5 Å².